The summed E-state index contributed by atoms with van der Waals surface area (Å²) in [6.45, 7) is 6.19. The predicted molar refractivity (Wildman–Crippen MR) is 70.4 cm³/mol. The number of hydrogen-bond acceptors (Lipinski definition) is 5. The maximum Gasteiger partial charge on any atom is 0.237 e. The number of aromatic nitrogens is 2. The van der Waals surface area contributed by atoms with E-state index in [1.54, 1.807) is 6.92 Å². The summed E-state index contributed by atoms with van der Waals surface area (Å²) in [7, 11) is 0. The first-order valence-corrected chi connectivity index (χ1v) is 5.87. The highest BCUT2D eigenvalue weighted by Gasteiger charge is 2.18. The average molecular weight is 277 g/mol. The lowest BCUT2D eigenvalue weighted by atomic mass is 9.99. The Morgan fingerprint density at radius 3 is 2.72 bits per heavy atom. The minimum absolute atomic E-state index is 0. The smallest absolute Gasteiger partial charge is 0.237 e. The Hall–Kier alpha value is -1.14. The Labute approximate surface area is 113 Å². The van der Waals surface area contributed by atoms with Crippen molar-refractivity contribution in [2.45, 2.75) is 39.7 Å². The van der Waals surface area contributed by atoms with E-state index in [4.69, 9.17) is 10.3 Å². The van der Waals surface area contributed by atoms with E-state index >= 15 is 0 Å². The molecular formula is C11H21ClN4O2. The molecule has 18 heavy (non-hydrogen) atoms. The van der Waals surface area contributed by atoms with Crippen molar-refractivity contribution in [3.63, 3.8) is 0 Å². The number of rotatable bonds is 6. The maximum atomic E-state index is 11.6. The summed E-state index contributed by atoms with van der Waals surface area (Å²) in [5.41, 5.74) is 5.79. The van der Waals surface area contributed by atoms with Gasteiger partial charge in [0.25, 0.3) is 0 Å². The second-order valence-corrected chi connectivity index (χ2v) is 4.19. The fourth-order valence-electron chi connectivity index (χ4n) is 1.36. The number of carbonyl (C=O) groups excluding carboxylic acids is 1. The molecular weight excluding hydrogens is 256 g/mol. The quantitative estimate of drug-likeness (QED) is 0.803. The van der Waals surface area contributed by atoms with E-state index in [1.807, 2.05) is 13.8 Å². The molecule has 0 aliphatic carbocycles. The molecule has 1 amide bonds. The van der Waals surface area contributed by atoms with Gasteiger partial charge < -0.3 is 15.6 Å². The highest BCUT2D eigenvalue weighted by Crippen LogP contribution is 2.05. The van der Waals surface area contributed by atoms with E-state index < -0.39 is 6.04 Å². The Bertz CT molecular complexity index is 370. The summed E-state index contributed by atoms with van der Waals surface area (Å²) in [4.78, 5) is 15.7. The number of nitrogens with one attached hydrogen (secondary N) is 1. The number of halogens is 1. The van der Waals surface area contributed by atoms with E-state index in [0.717, 1.165) is 6.42 Å². The zero-order chi connectivity index (χ0) is 12.8. The first-order valence-electron chi connectivity index (χ1n) is 5.87. The van der Waals surface area contributed by atoms with E-state index in [0.29, 0.717) is 24.7 Å². The Kier molecular flexibility index (Phi) is 7.54. The van der Waals surface area contributed by atoms with Gasteiger partial charge in [0.2, 0.25) is 11.8 Å². The lowest BCUT2D eigenvalue weighted by Crippen LogP contribution is -2.45. The van der Waals surface area contributed by atoms with Crippen LogP contribution in [0, 0.1) is 12.8 Å². The molecule has 0 aliphatic heterocycles. The van der Waals surface area contributed by atoms with Crippen molar-refractivity contribution in [1.82, 2.24) is 15.5 Å². The standard InChI is InChI=1S/C11H20N4O2.ClH/c1-4-7(2)10(12)11(16)13-6-5-9-14-8(3)15-17-9;/h7,10H,4-6,12H2,1-3H3,(H,13,16);1H. The normalized spacial score (nSPS) is 13.6. The zero-order valence-corrected chi connectivity index (χ0v) is 11.8. The van der Waals surface area contributed by atoms with Crippen molar-refractivity contribution in [1.29, 1.82) is 0 Å². The second-order valence-electron chi connectivity index (χ2n) is 4.19. The number of carbonyl (C=O) groups is 1. The summed E-state index contributed by atoms with van der Waals surface area (Å²) >= 11 is 0. The minimum atomic E-state index is -0.454. The van der Waals surface area contributed by atoms with Crippen LogP contribution >= 0.6 is 12.4 Å². The van der Waals surface area contributed by atoms with Gasteiger partial charge in [-0.05, 0) is 12.8 Å². The topological polar surface area (TPSA) is 94.0 Å². The third kappa shape index (κ3) is 5.01. The van der Waals surface area contributed by atoms with Gasteiger partial charge >= 0.3 is 0 Å². The Morgan fingerprint density at radius 2 is 2.22 bits per heavy atom. The Morgan fingerprint density at radius 1 is 1.56 bits per heavy atom. The zero-order valence-electron chi connectivity index (χ0n) is 11.0. The van der Waals surface area contributed by atoms with Crippen LogP contribution in [0.5, 0.6) is 0 Å². The van der Waals surface area contributed by atoms with Gasteiger partial charge in [-0.2, -0.15) is 4.98 Å². The van der Waals surface area contributed by atoms with Crippen LogP contribution in [-0.4, -0.2) is 28.6 Å². The van der Waals surface area contributed by atoms with Crippen molar-refractivity contribution in [3.8, 4) is 0 Å². The summed E-state index contributed by atoms with van der Waals surface area (Å²) in [5, 5.41) is 6.43. The van der Waals surface area contributed by atoms with E-state index in [9.17, 15) is 4.79 Å². The van der Waals surface area contributed by atoms with Gasteiger partial charge in [-0.25, -0.2) is 0 Å². The van der Waals surface area contributed by atoms with Crippen molar-refractivity contribution < 1.29 is 9.32 Å². The molecule has 0 aliphatic rings. The van der Waals surface area contributed by atoms with E-state index in [2.05, 4.69) is 15.5 Å². The molecule has 0 fully saturated rings. The van der Waals surface area contributed by atoms with Gasteiger partial charge in [0, 0.05) is 13.0 Å². The number of amides is 1. The lowest BCUT2D eigenvalue weighted by molar-refractivity contribution is -0.123. The number of nitrogens with two attached hydrogens (primary N) is 1. The van der Waals surface area contributed by atoms with Crippen LogP contribution in [0.1, 0.15) is 32.0 Å². The maximum absolute atomic E-state index is 11.6. The van der Waals surface area contributed by atoms with E-state index in [-0.39, 0.29) is 24.2 Å². The molecule has 0 saturated heterocycles. The van der Waals surface area contributed by atoms with Crippen LogP contribution in [-0.2, 0) is 11.2 Å². The van der Waals surface area contributed by atoms with Crippen LogP contribution in [0.4, 0.5) is 0 Å². The summed E-state index contributed by atoms with van der Waals surface area (Å²) < 4.78 is 4.93. The molecule has 2 unspecified atom stereocenters. The fourth-order valence-corrected chi connectivity index (χ4v) is 1.36. The molecule has 0 aromatic carbocycles. The molecule has 104 valence electrons. The van der Waals surface area contributed by atoms with Crippen LogP contribution in [0.3, 0.4) is 0 Å². The second kappa shape index (κ2) is 8.05. The summed E-state index contributed by atoms with van der Waals surface area (Å²) in [5.74, 6) is 1.18. The molecule has 0 radical (unpaired) electrons. The molecule has 0 bridgehead atoms. The first-order chi connectivity index (χ1) is 8.04. The minimum Gasteiger partial charge on any atom is -0.354 e. The van der Waals surface area contributed by atoms with Crippen molar-refractivity contribution in [3.05, 3.63) is 11.7 Å². The molecule has 1 aromatic heterocycles. The number of hydrogen-bond donors (Lipinski definition) is 2. The summed E-state index contributed by atoms with van der Waals surface area (Å²) in [6.07, 6.45) is 1.41. The van der Waals surface area contributed by atoms with Crippen molar-refractivity contribution >= 4 is 18.3 Å². The molecule has 3 N–H and O–H groups in total. The Balaban J connectivity index is 0.00000289. The van der Waals surface area contributed by atoms with Crippen molar-refractivity contribution in [2.75, 3.05) is 6.54 Å². The molecule has 0 spiro atoms. The highest BCUT2D eigenvalue weighted by molar-refractivity contribution is 5.85. The first kappa shape index (κ1) is 16.9. The third-order valence-corrected chi connectivity index (χ3v) is 2.77. The number of nitrogens with zero attached hydrogens (tertiary/aromatic N) is 2. The van der Waals surface area contributed by atoms with Crippen LogP contribution in [0.2, 0.25) is 0 Å². The van der Waals surface area contributed by atoms with Crippen molar-refractivity contribution in [2.24, 2.45) is 11.7 Å². The van der Waals surface area contributed by atoms with E-state index in [1.165, 1.54) is 0 Å². The molecule has 1 aromatic rings. The predicted octanol–water partition coefficient (Wildman–Crippen LogP) is 0.832. The highest BCUT2D eigenvalue weighted by atomic mass is 35.5. The largest absolute Gasteiger partial charge is 0.354 e. The SMILES string of the molecule is CCC(C)C(N)C(=O)NCCc1nc(C)no1.Cl. The van der Waals surface area contributed by atoms with Crippen LogP contribution < -0.4 is 11.1 Å². The van der Waals surface area contributed by atoms with Gasteiger partial charge in [-0.15, -0.1) is 12.4 Å². The van der Waals surface area contributed by atoms with Gasteiger partial charge in [0.15, 0.2) is 5.82 Å². The molecule has 7 heteroatoms. The van der Waals surface area contributed by atoms with Gasteiger partial charge in [-0.3, -0.25) is 4.79 Å². The van der Waals surface area contributed by atoms with Gasteiger partial charge in [0.1, 0.15) is 0 Å². The lowest BCUT2D eigenvalue weighted by Gasteiger charge is -2.17. The monoisotopic (exact) mass is 276 g/mol. The number of aryl methyl sites for hydroxylation is 1. The van der Waals surface area contributed by atoms with Gasteiger partial charge in [-0.1, -0.05) is 25.4 Å². The molecule has 1 heterocycles. The summed E-state index contributed by atoms with van der Waals surface area (Å²) in [6, 6.07) is -0.454. The molecule has 2 atom stereocenters. The van der Waals surface area contributed by atoms with Crippen LogP contribution in [0.25, 0.3) is 0 Å². The average Bonchev–Trinajstić information content (AvgIpc) is 2.72. The molecule has 0 saturated carbocycles. The third-order valence-electron chi connectivity index (χ3n) is 2.77. The fraction of sp³-hybridized carbons (Fsp3) is 0.727. The van der Waals surface area contributed by atoms with Crippen LogP contribution in [0.15, 0.2) is 4.52 Å². The molecule has 6 nitrogen and oxygen atoms in total. The molecule has 1 rings (SSSR count). The van der Waals surface area contributed by atoms with Gasteiger partial charge in [0.05, 0.1) is 6.04 Å².